The van der Waals surface area contributed by atoms with Gasteiger partial charge in [-0.2, -0.15) is 5.10 Å². The van der Waals surface area contributed by atoms with Crippen molar-refractivity contribution in [2.45, 2.75) is 40.3 Å². The molecule has 4 rings (SSSR count). The fourth-order valence-electron chi connectivity index (χ4n) is 4.30. The Balaban J connectivity index is 1.48. The molecule has 0 bridgehead atoms. The second-order valence-corrected chi connectivity index (χ2v) is 8.55. The van der Waals surface area contributed by atoms with Gasteiger partial charge in [0.25, 0.3) is 0 Å². The van der Waals surface area contributed by atoms with Crippen molar-refractivity contribution in [1.82, 2.24) is 14.7 Å². The average molecular weight is 446 g/mol. The summed E-state index contributed by atoms with van der Waals surface area (Å²) in [6.07, 6.45) is 4.36. The summed E-state index contributed by atoms with van der Waals surface area (Å²) < 4.78 is 12.8. The van der Waals surface area contributed by atoms with E-state index in [2.05, 4.69) is 38.1 Å². The van der Waals surface area contributed by atoms with Gasteiger partial charge in [-0.1, -0.05) is 29.8 Å². The molecule has 0 saturated carbocycles. The molecule has 6 heteroatoms. The van der Waals surface area contributed by atoms with Gasteiger partial charge in [0, 0.05) is 30.4 Å². The number of hydrogen-bond acceptors (Lipinski definition) is 4. The molecular weight excluding hydrogens is 414 g/mol. The number of carbonyl (C=O) groups excluding carboxylic acids is 1. The number of fused-ring (bicyclic) bond motifs is 1. The van der Waals surface area contributed by atoms with Crippen molar-refractivity contribution in [1.29, 1.82) is 0 Å². The lowest BCUT2D eigenvalue weighted by molar-refractivity contribution is -0.126. The second-order valence-electron chi connectivity index (χ2n) is 8.55. The van der Waals surface area contributed by atoms with Crippen molar-refractivity contribution < 1.29 is 14.3 Å². The molecule has 0 aliphatic carbocycles. The predicted octanol–water partition coefficient (Wildman–Crippen LogP) is 4.47. The van der Waals surface area contributed by atoms with E-state index in [0.717, 1.165) is 34.7 Å². The molecule has 0 spiro atoms. The zero-order valence-electron chi connectivity index (χ0n) is 20.0. The molecule has 0 radical (unpaired) electrons. The number of ether oxygens (including phenoxy) is 2. The van der Waals surface area contributed by atoms with Crippen molar-refractivity contribution in [3.05, 3.63) is 81.7 Å². The van der Waals surface area contributed by atoms with E-state index >= 15 is 0 Å². The maximum Gasteiger partial charge on any atom is 0.246 e. The molecule has 0 saturated heterocycles. The first-order valence-electron chi connectivity index (χ1n) is 11.2. The number of nitrogens with zero attached hydrogens (tertiary/aromatic N) is 3. The first kappa shape index (κ1) is 22.6. The maximum atomic E-state index is 13.0. The predicted molar refractivity (Wildman–Crippen MR) is 130 cm³/mol. The third kappa shape index (κ3) is 4.80. The Morgan fingerprint density at radius 1 is 1.03 bits per heavy atom. The molecule has 0 unspecified atom stereocenters. The Labute approximate surface area is 195 Å². The number of methoxy groups -OCH3 is 2. The summed E-state index contributed by atoms with van der Waals surface area (Å²) in [6, 6.07) is 12.5. The van der Waals surface area contributed by atoms with E-state index in [1.165, 1.54) is 16.7 Å². The Morgan fingerprint density at radius 2 is 1.70 bits per heavy atom. The fraction of sp³-hybridized carbons (Fsp3) is 0.333. The Hall–Kier alpha value is -3.54. The van der Waals surface area contributed by atoms with Gasteiger partial charge in [0.2, 0.25) is 5.91 Å². The Kier molecular flexibility index (Phi) is 6.54. The van der Waals surface area contributed by atoms with Gasteiger partial charge < -0.3 is 14.4 Å². The van der Waals surface area contributed by atoms with Gasteiger partial charge in [0.05, 0.1) is 26.5 Å². The topological polar surface area (TPSA) is 56.6 Å². The maximum absolute atomic E-state index is 13.0. The molecule has 172 valence electrons. The van der Waals surface area contributed by atoms with Crippen LogP contribution in [0, 0.1) is 20.8 Å². The Bertz CT molecular complexity index is 1190. The largest absolute Gasteiger partial charge is 0.493 e. The molecule has 1 aliphatic rings. The van der Waals surface area contributed by atoms with Gasteiger partial charge >= 0.3 is 0 Å². The van der Waals surface area contributed by atoms with Crippen LogP contribution in [0.2, 0.25) is 0 Å². The minimum absolute atomic E-state index is 0.000481. The number of carbonyl (C=O) groups is 1. The SMILES string of the molecule is COc1cc2c(cc1OC)CN(C(=O)/C=C/c1c(C)nn(Cc3ccc(C)cc3)c1C)CC2. The summed E-state index contributed by atoms with van der Waals surface area (Å²) in [5, 5.41) is 4.70. The van der Waals surface area contributed by atoms with Crippen LogP contribution in [0.1, 0.15) is 39.2 Å². The summed E-state index contributed by atoms with van der Waals surface area (Å²) in [4.78, 5) is 14.8. The molecule has 0 N–H and O–H groups in total. The monoisotopic (exact) mass is 445 g/mol. The zero-order chi connectivity index (χ0) is 23.5. The van der Waals surface area contributed by atoms with E-state index < -0.39 is 0 Å². The lowest BCUT2D eigenvalue weighted by atomic mass is 9.98. The lowest BCUT2D eigenvalue weighted by Crippen LogP contribution is -2.34. The quantitative estimate of drug-likeness (QED) is 0.525. The van der Waals surface area contributed by atoms with Gasteiger partial charge in [-0.25, -0.2) is 0 Å². The van der Waals surface area contributed by atoms with Crippen LogP contribution >= 0.6 is 0 Å². The van der Waals surface area contributed by atoms with Crippen LogP contribution in [-0.2, 0) is 24.3 Å². The van der Waals surface area contributed by atoms with Crippen LogP contribution in [0.5, 0.6) is 11.5 Å². The van der Waals surface area contributed by atoms with Crippen molar-refractivity contribution in [3.63, 3.8) is 0 Å². The fourth-order valence-corrected chi connectivity index (χ4v) is 4.30. The van der Waals surface area contributed by atoms with Crippen molar-refractivity contribution in [3.8, 4) is 11.5 Å². The normalized spacial score (nSPS) is 13.3. The van der Waals surface area contributed by atoms with E-state index in [9.17, 15) is 4.79 Å². The molecule has 0 atom stereocenters. The molecule has 2 heterocycles. The van der Waals surface area contributed by atoms with E-state index in [-0.39, 0.29) is 5.91 Å². The van der Waals surface area contributed by atoms with Crippen molar-refractivity contribution in [2.24, 2.45) is 0 Å². The molecule has 1 aliphatic heterocycles. The number of aromatic nitrogens is 2. The third-order valence-electron chi connectivity index (χ3n) is 6.31. The summed E-state index contributed by atoms with van der Waals surface area (Å²) in [6.45, 7) is 8.07. The second kappa shape index (κ2) is 9.53. The Morgan fingerprint density at radius 3 is 2.36 bits per heavy atom. The highest BCUT2D eigenvalue weighted by Gasteiger charge is 2.22. The van der Waals surface area contributed by atoms with E-state index in [1.807, 2.05) is 34.7 Å². The van der Waals surface area contributed by atoms with Gasteiger partial charge in [-0.05, 0) is 62.1 Å². The molecule has 1 aromatic heterocycles. The van der Waals surface area contributed by atoms with Crippen LogP contribution in [-0.4, -0.2) is 41.4 Å². The lowest BCUT2D eigenvalue weighted by Gasteiger charge is -2.28. The molecule has 33 heavy (non-hydrogen) atoms. The standard InChI is InChI=1S/C27H31N3O3/c1-18-6-8-21(9-7-18)16-30-20(3)24(19(2)28-30)10-11-27(31)29-13-12-22-14-25(32-4)26(33-5)15-23(22)17-29/h6-11,14-15H,12-13,16-17H2,1-5H3/b11-10+. The van der Waals surface area contributed by atoms with E-state index in [0.29, 0.717) is 25.4 Å². The summed E-state index contributed by atoms with van der Waals surface area (Å²) in [5.41, 5.74) is 7.72. The van der Waals surface area contributed by atoms with Crippen LogP contribution in [0.15, 0.2) is 42.5 Å². The smallest absolute Gasteiger partial charge is 0.246 e. The van der Waals surface area contributed by atoms with Crippen LogP contribution in [0.3, 0.4) is 0 Å². The van der Waals surface area contributed by atoms with Crippen LogP contribution < -0.4 is 9.47 Å². The highest BCUT2D eigenvalue weighted by molar-refractivity contribution is 5.92. The van der Waals surface area contributed by atoms with Gasteiger partial charge in [0.15, 0.2) is 11.5 Å². The van der Waals surface area contributed by atoms with Gasteiger partial charge in [0.1, 0.15) is 0 Å². The number of aryl methyl sites for hydroxylation is 2. The molecule has 6 nitrogen and oxygen atoms in total. The van der Waals surface area contributed by atoms with E-state index in [1.54, 1.807) is 20.3 Å². The minimum Gasteiger partial charge on any atom is -0.493 e. The number of hydrogen-bond donors (Lipinski definition) is 0. The van der Waals surface area contributed by atoms with Crippen molar-refractivity contribution >= 4 is 12.0 Å². The number of benzene rings is 2. The minimum atomic E-state index is 0.000481. The van der Waals surface area contributed by atoms with Crippen LogP contribution in [0.25, 0.3) is 6.08 Å². The first-order chi connectivity index (χ1) is 15.9. The first-order valence-corrected chi connectivity index (χ1v) is 11.2. The van der Waals surface area contributed by atoms with Gasteiger partial charge in [-0.3, -0.25) is 9.48 Å². The molecule has 2 aromatic carbocycles. The molecule has 3 aromatic rings. The van der Waals surface area contributed by atoms with Crippen molar-refractivity contribution in [2.75, 3.05) is 20.8 Å². The van der Waals surface area contributed by atoms with Crippen LogP contribution in [0.4, 0.5) is 0 Å². The average Bonchev–Trinajstić information content (AvgIpc) is 3.09. The third-order valence-corrected chi connectivity index (χ3v) is 6.31. The highest BCUT2D eigenvalue weighted by Crippen LogP contribution is 2.33. The number of rotatable bonds is 6. The summed E-state index contributed by atoms with van der Waals surface area (Å²) >= 11 is 0. The summed E-state index contributed by atoms with van der Waals surface area (Å²) in [5.74, 6) is 1.42. The highest BCUT2D eigenvalue weighted by atomic mass is 16.5. The number of amides is 1. The van der Waals surface area contributed by atoms with E-state index in [4.69, 9.17) is 14.6 Å². The summed E-state index contributed by atoms with van der Waals surface area (Å²) in [7, 11) is 3.27. The molecule has 0 fully saturated rings. The molecule has 1 amide bonds. The zero-order valence-corrected chi connectivity index (χ0v) is 20.0. The molecular formula is C27H31N3O3. The van der Waals surface area contributed by atoms with Gasteiger partial charge in [-0.15, -0.1) is 0 Å².